The molecule has 5 heteroatoms. The number of hydrogen-bond donors (Lipinski definition) is 2. The van der Waals surface area contributed by atoms with E-state index in [4.69, 9.17) is 9.84 Å². The molecule has 5 nitrogen and oxygen atoms in total. The van der Waals surface area contributed by atoms with E-state index in [1.54, 1.807) is 0 Å². The Kier molecular flexibility index (Phi) is 4.29. The summed E-state index contributed by atoms with van der Waals surface area (Å²) in [5.74, 6) is -1.33. The van der Waals surface area contributed by atoms with Gasteiger partial charge in [0, 0.05) is 7.11 Å². The van der Waals surface area contributed by atoms with Crippen molar-refractivity contribution in [2.24, 2.45) is 0 Å². The molecule has 92 valence electrons. The lowest BCUT2D eigenvalue weighted by Gasteiger charge is -2.34. The standard InChI is InChI=1S/C11H19NO4/c1-8(9(13)14)12-10(15)11(16-2)6-4-3-5-7-11/h8H,3-7H2,1-2H3,(H,12,15)(H,13,14)/t8-/m0/s1. The van der Waals surface area contributed by atoms with Crippen molar-refractivity contribution in [1.29, 1.82) is 0 Å². The van der Waals surface area contributed by atoms with E-state index >= 15 is 0 Å². The zero-order valence-electron chi connectivity index (χ0n) is 9.78. The van der Waals surface area contributed by atoms with E-state index in [1.807, 2.05) is 0 Å². The molecule has 0 bridgehead atoms. The summed E-state index contributed by atoms with van der Waals surface area (Å²) in [5, 5.41) is 11.2. The summed E-state index contributed by atoms with van der Waals surface area (Å²) >= 11 is 0. The number of hydrogen-bond acceptors (Lipinski definition) is 3. The lowest BCUT2D eigenvalue weighted by atomic mass is 9.83. The number of carboxylic acid groups (broad SMARTS) is 1. The summed E-state index contributed by atoms with van der Waals surface area (Å²) in [6, 6.07) is -0.874. The van der Waals surface area contributed by atoms with Crippen LogP contribution < -0.4 is 5.32 Å². The Morgan fingerprint density at radius 1 is 1.31 bits per heavy atom. The molecule has 0 aromatic heterocycles. The first kappa shape index (κ1) is 13.0. The van der Waals surface area contributed by atoms with Crippen molar-refractivity contribution in [3.05, 3.63) is 0 Å². The highest BCUT2D eigenvalue weighted by Crippen LogP contribution is 2.31. The molecule has 0 saturated heterocycles. The molecule has 1 amide bonds. The van der Waals surface area contributed by atoms with Gasteiger partial charge >= 0.3 is 5.97 Å². The number of nitrogens with one attached hydrogen (secondary N) is 1. The number of ether oxygens (including phenoxy) is 1. The van der Waals surface area contributed by atoms with Crippen molar-refractivity contribution < 1.29 is 19.4 Å². The van der Waals surface area contributed by atoms with Gasteiger partial charge in [0.05, 0.1) is 0 Å². The summed E-state index contributed by atoms with van der Waals surface area (Å²) in [4.78, 5) is 22.6. The monoisotopic (exact) mass is 229 g/mol. The lowest BCUT2D eigenvalue weighted by molar-refractivity contribution is -0.152. The Balaban J connectivity index is 2.65. The minimum absolute atomic E-state index is 0.301. The molecule has 0 unspecified atom stereocenters. The fraction of sp³-hybridized carbons (Fsp3) is 0.818. The van der Waals surface area contributed by atoms with E-state index < -0.39 is 17.6 Å². The topological polar surface area (TPSA) is 75.6 Å². The smallest absolute Gasteiger partial charge is 0.325 e. The van der Waals surface area contributed by atoms with Crippen LogP contribution in [-0.2, 0) is 14.3 Å². The highest BCUT2D eigenvalue weighted by Gasteiger charge is 2.40. The number of carbonyl (C=O) groups is 2. The normalized spacial score (nSPS) is 21.1. The van der Waals surface area contributed by atoms with E-state index in [1.165, 1.54) is 14.0 Å². The zero-order valence-corrected chi connectivity index (χ0v) is 9.78. The van der Waals surface area contributed by atoms with Gasteiger partial charge in [-0.2, -0.15) is 0 Å². The molecule has 1 aliphatic rings. The molecule has 0 heterocycles. The van der Waals surface area contributed by atoms with Crippen molar-refractivity contribution in [3.63, 3.8) is 0 Å². The van der Waals surface area contributed by atoms with Gasteiger partial charge in [0.25, 0.3) is 5.91 Å². The molecule has 2 N–H and O–H groups in total. The molecule has 0 aromatic carbocycles. The van der Waals surface area contributed by atoms with Crippen LogP contribution in [0.25, 0.3) is 0 Å². The maximum atomic E-state index is 12.0. The quantitative estimate of drug-likeness (QED) is 0.751. The highest BCUT2D eigenvalue weighted by molar-refractivity contribution is 5.89. The van der Waals surface area contributed by atoms with Gasteiger partial charge < -0.3 is 15.2 Å². The maximum absolute atomic E-state index is 12.0. The van der Waals surface area contributed by atoms with Gasteiger partial charge in [-0.15, -0.1) is 0 Å². The second-order valence-corrected chi connectivity index (χ2v) is 4.29. The second kappa shape index (κ2) is 5.30. The molecule has 0 radical (unpaired) electrons. The van der Waals surface area contributed by atoms with E-state index in [0.717, 1.165) is 19.3 Å². The number of carboxylic acids is 1. The van der Waals surface area contributed by atoms with Gasteiger partial charge in [-0.1, -0.05) is 19.3 Å². The first-order chi connectivity index (χ1) is 7.52. The second-order valence-electron chi connectivity index (χ2n) is 4.29. The Morgan fingerprint density at radius 2 is 1.88 bits per heavy atom. The Labute approximate surface area is 95.2 Å². The van der Waals surface area contributed by atoms with Gasteiger partial charge in [-0.05, 0) is 19.8 Å². The fourth-order valence-corrected chi connectivity index (χ4v) is 2.04. The predicted octanol–water partition coefficient (Wildman–Crippen LogP) is 0.925. The molecule has 16 heavy (non-hydrogen) atoms. The molecule has 0 spiro atoms. The third kappa shape index (κ3) is 2.72. The van der Waals surface area contributed by atoms with Crippen molar-refractivity contribution in [3.8, 4) is 0 Å². The van der Waals surface area contributed by atoms with Gasteiger partial charge in [0.1, 0.15) is 11.6 Å². The number of amides is 1. The average molecular weight is 229 g/mol. The molecular formula is C11H19NO4. The molecule has 0 aromatic rings. The lowest BCUT2D eigenvalue weighted by Crippen LogP contribution is -2.53. The van der Waals surface area contributed by atoms with Gasteiger partial charge in [-0.25, -0.2) is 0 Å². The average Bonchev–Trinajstić information content (AvgIpc) is 2.29. The molecule has 1 atom stereocenters. The highest BCUT2D eigenvalue weighted by atomic mass is 16.5. The Bertz CT molecular complexity index is 271. The Morgan fingerprint density at radius 3 is 2.31 bits per heavy atom. The largest absolute Gasteiger partial charge is 0.480 e. The van der Waals surface area contributed by atoms with Crippen LogP contribution in [-0.4, -0.2) is 35.7 Å². The molecule has 0 aliphatic heterocycles. The third-order valence-corrected chi connectivity index (χ3v) is 3.18. The summed E-state index contributed by atoms with van der Waals surface area (Å²) in [6.07, 6.45) is 4.33. The van der Waals surface area contributed by atoms with Crippen LogP contribution in [0.15, 0.2) is 0 Å². The van der Waals surface area contributed by atoms with Crippen molar-refractivity contribution >= 4 is 11.9 Å². The molecule has 1 saturated carbocycles. The predicted molar refractivity (Wildman–Crippen MR) is 58.1 cm³/mol. The van der Waals surface area contributed by atoms with E-state index in [-0.39, 0.29) is 5.91 Å². The fourth-order valence-electron chi connectivity index (χ4n) is 2.04. The van der Waals surface area contributed by atoms with E-state index in [2.05, 4.69) is 5.32 Å². The molecule has 1 fully saturated rings. The number of rotatable bonds is 4. The first-order valence-electron chi connectivity index (χ1n) is 5.61. The van der Waals surface area contributed by atoms with Crippen LogP contribution in [0.1, 0.15) is 39.0 Å². The van der Waals surface area contributed by atoms with Crippen molar-refractivity contribution in [1.82, 2.24) is 5.32 Å². The summed E-state index contributed by atoms with van der Waals surface area (Å²) in [7, 11) is 1.51. The van der Waals surface area contributed by atoms with Crippen LogP contribution in [0.2, 0.25) is 0 Å². The van der Waals surface area contributed by atoms with Crippen LogP contribution >= 0.6 is 0 Å². The summed E-state index contributed by atoms with van der Waals surface area (Å²) in [6.45, 7) is 1.45. The SMILES string of the molecule is COC1(C(=O)N[C@@H](C)C(=O)O)CCCCC1. The maximum Gasteiger partial charge on any atom is 0.325 e. The van der Waals surface area contributed by atoms with E-state index in [9.17, 15) is 9.59 Å². The van der Waals surface area contributed by atoms with E-state index in [0.29, 0.717) is 12.8 Å². The van der Waals surface area contributed by atoms with Gasteiger partial charge in [-0.3, -0.25) is 9.59 Å². The Hall–Kier alpha value is -1.10. The number of methoxy groups -OCH3 is 1. The van der Waals surface area contributed by atoms with Gasteiger partial charge in [0.15, 0.2) is 0 Å². The van der Waals surface area contributed by atoms with Crippen LogP contribution in [0.4, 0.5) is 0 Å². The molecule has 1 aliphatic carbocycles. The minimum Gasteiger partial charge on any atom is -0.480 e. The van der Waals surface area contributed by atoms with Crippen LogP contribution in [0.5, 0.6) is 0 Å². The zero-order chi connectivity index (χ0) is 12.2. The first-order valence-corrected chi connectivity index (χ1v) is 5.61. The minimum atomic E-state index is -1.03. The van der Waals surface area contributed by atoms with Crippen molar-refractivity contribution in [2.45, 2.75) is 50.7 Å². The summed E-state index contributed by atoms with van der Waals surface area (Å²) < 4.78 is 5.32. The van der Waals surface area contributed by atoms with Crippen molar-refractivity contribution in [2.75, 3.05) is 7.11 Å². The molecule has 1 rings (SSSR count). The number of carbonyl (C=O) groups excluding carboxylic acids is 1. The van der Waals surface area contributed by atoms with Crippen LogP contribution in [0.3, 0.4) is 0 Å². The van der Waals surface area contributed by atoms with Crippen LogP contribution in [0, 0.1) is 0 Å². The molecular weight excluding hydrogens is 210 g/mol. The third-order valence-electron chi connectivity index (χ3n) is 3.18. The van der Waals surface area contributed by atoms with Gasteiger partial charge in [0.2, 0.25) is 0 Å². The summed E-state index contributed by atoms with van der Waals surface area (Å²) in [5.41, 5.74) is -0.817. The number of aliphatic carboxylic acids is 1.